The molecule has 4 nitrogen and oxygen atoms in total. The number of hydrogen-bond acceptors (Lipinski definition) is 5. The van der Waals surface area contributed by atoms with Crippen LogP contribution in [0.4, 0.5) is 0 Å². The summed E-state index contributed by atoms with van der Waals surface area (Å²) in [6, 6.07) is 21.7. The number of carbonyl (C=O) groups excluding carboxylic acids is 1. The molecule has 1 heterocycles. The summed E-state index contributed by atoms with van der Waals surface area (Å²) in [6.07, 6.45) is 1.51. The molecule has 28 heavy (non-hydrogen) atoms. The van der Waals surface area contributed by atoms with E-state index in [0.29, 0.717) is 18.6 Å². The van der Waals surface area contributed by atoms with Crippen LogP contribution in [-0.4, -0.2) is 19.1 Å². The number of carbonyl (C=O) groups is 1. The summed E-state index contributed by atoms with van der Waals surface area (Å²) in [7, 11) is 1.65. The van der Waals surface area contributed by atoms with Gasteiger partial charge >= 0.3 is 0 Å². The average Bonchev–Trinajstić information content (AvgIpc) is 2.89. The second-order valence-electron chi connectivity index (χ2n) is 6.42. The summed E-state index contributed by atoms with van der Waals surface area (Å²) in [5.74, 6) is 0.783. The second-order valence-corrected chi connectivity index (χ2v) is 7.51. The first-order valence-corrected chi connectivity index (χ1v) is 9.75. The molecule has 5 heteroatoms. The Balaban J connectivity index is 1.70. The molecule has 3 aromatic rings. The van der Waals surface area contributed by atoms with Crippen LogP contribution in [0.2, 0.25) is 0 Å². The second kappa shape index (κ2) is 8.31. The van der Waals surface area contributed by atoms with E-state index in [-0.39, 0.29) is 0 Å². The van der Waals surface area contributed by atoms with Crippen molar-refractivity contribution in [3.63, 3.8) is 0 Å². The first-order valence-electron chi connectivity index (χ1n) is 8.94. The van der Waals surface area contributed by atoms with Gasteiger partial charge in [-0.05, 0) is 35.4 Å². The van der Waals surface area contributed by atoms with Crippen molar-refractivity contribution in [2.24, 2.45) is 5.16 Å². The molecule has 0 bridgehead atoms. The Morgan fingerprint density at radius 3 is 2.68 bits per heavy atom. The van der Waals surface area contributed by atoms with Gasteiger partial charge in [0, 0.05) is 27.3 Å². The Hall–Kier alpha value is -3.05. The Morgan fingerprint density at radius 1 is 1.04 bits per heavy atom. The van der Waals surface area contributed by atoms with Crippen LogP contribution in [0.15, 0.2) is 81.7 Å². The highest BCUT2D eigenvalue weighted by Gasteiger charge is 2.21. The molecule has 0 fully saturated rings. The molecule has 0 aromatic heterocycles. The lowest BCUT2D eigenvalue weighted by molar-refractivity contribution is 0.112. The third-order valence-corrected chi connectivity index (χ3v) is 5.71. The summed E-state index contributed by atoms with van der Waals surface area (Å²) in [6.45, 7) is 0.417. The Bertz CT molecular complexity index is 1030. The van der Waals surface area contributed by atoms with Crippen LogP contribution in [0.5, 0.6) is 5.75 Å². The number of oxime groups is 1. The van der Waals surface area contributed by atoms with Gasteiger partial charge in [-0.1, -0.05) is 59.4 Å². The minimum absolute atomic E-state index is 0.417. The van der Waals surface area contributed by atoms with Crippen LogP contribution < -0.4 is 4.74 Å². The number of nitrogens with zero attached hydrogens (tertiary/aromatic N) is 1. The van der Waals surface area contributed by atoms with Gasteiger partial charge in [0.2, 0.25) is 0 Å². The summed E-state index contributed by atoms with van der Waals surface area (Å²) < 4.78 is 5.39. The lowest BCUT2D eigenvalue weighted by Crippen LogP contribution is -2.07. The van der Waals surface area contributed by atoms with E-state index in [2.05, 4.69) is 5.16 Å². The molecule has 0 saturated carbocycles. The molecule has 1 aliphatic rings. The maximum Gasteiger partial charge on any atom is 0.150 e. The fourth-order valence-electron chi connectivity index (χ4n) is 3.07. The predicted molar refractivity (Wildman–Crippen MR) is 110 cm³/mol. The first-order chi connectivity index (χ1) is 13.8. The molecular formula is C23H19NO3S. The topological polar surface area (TPSA) is 47.9 Å². The van der Waals surface area contributed by atoms with Gasteiger partial charge in [-0.15, -0.1) is 0 Å². The molecule has 0 saturated heterocycles. The molecule has 0 atom stereocenters. The number of hydrogen-bond donors (Lipinski definition) is 0. The van der Waals surface area contributed by atoms with Crippen molar-refractivity contribution in [2.75, 3.05) is 7.11 Å². The predicted octanol–water partition coefficient (Wildman–Crippen LogP) is 5.14. The molecule has 0 radical (unpaired) electrons. The van der Waals surface area contributed by atoms with E-state index >= 15 is 0 Å². The lowest BCUT2D eigenvalue weighted by Gasteiger charge is -2.09. The quantitative estimate of drug-likeness (QED) is 0.448. The van der Waals surface area contributed by atoms with Crippen LogP contribution in [0.1, 0.15) is 27.0 Å². The number of ether oxygens (including phenoxy) is 1. The third kappa shape index (κ3) is 3.94. The van der Waals surface area contributed by atoms with E-state index in [4.69, 9.17) is 9.57 Å². The van der Waals surface area contributed by atoms with Crippen molar-refractivity contribution < 1.29 is 14.4 Å². The van der Waals surface area contributed by atoms with Crippen LogP contribution in [0.3, 0.4) is 0 Å². The van der Waals surface area contributed by atoms with E-state index < -0.39 is 0 Å². The van der Waals surface area contributed by atoms with Gasteiger partial charge in [0.1, 0.15) is 18.6 Å². The zero-order chi connectivity index (χ0) is 19.3. The fourth-order valence-corrected chi connectivity index (χ4v) is 4.25. The molecule has 3 aromatic carbocycles. The number of aldehydes is 1. The zero-order valence-electron chi connectivity index (χ0n) is 15.4. The van der Waals surface area contributed by atoms with Crippen molar-refractivity contribution >= 4 is 23.8 Å². The van der Waals surface area contributed by atoms with E-state index in [9.17, 15) is 4.79 Å². The Kier molecular flexibility index (Phi) is 5.44. The van der Waals surface area contributed by atoms with Crippen LogP contribution in [0, 0.1) is 0 Å². The number of fused-ring (bicyclic) bond motifs is 2. The van der Waals surface area contributed by atoms with E-state index in [1.165, 1.54) is 0 Å². The normalized spacial score (nSPS) is 14.0. The molecule has 0 unspecified atom stereocenters. The van der Waals surface area contributed by atoms with Gasteiger partial charge in [-0.3, -0.25) is 4.79 Å². The summed E-state index contributed by atoms with van der Waals surface area (Å²) >= 11 is 1.62. The van der Waals surface area contributed by atoms with Crippen molar-refractivity contribution in [2.45, 2.75) is 22.8 Å². The van der Waals surface area contributed by atoms with Crippen molar-refractivity contribution in [3.8, 4) is 5.75 Å². The summed E-state index contributed by atoms with van der Waals surface area (Å²) in [5.41, 5.74) is 4.73. The highest BCUT2D eigenvalue weighted by Crippen LogP contribution is 2.39. The van der Waals surface area contributed by atoms with Gasteiger partial charge in [0.15, 0.2) is 0 Å². The molecule has 0 N–H and O–H groups in total. The monoisotopic (exact) mass is 389 g/mol. The average molecular weight is 389 g/mol. The Morgan fingerprint density at radius 2 is 1.89 bits per heavy atom. The SMILES string of the molecule is COc1ccc2c(c1)Sc1cc(C=O)ccc1CC2=NOCc1ccccc1. The molecule has 0 amide bonds. The van der Waals surface area contributed by atoms with E-state index in [1.807, 2.05) is 66.7 Å². The number of rotatable bonds is 5. The zero-order valence-corrected chi connectivity index (χ0v) is 16.2. The number of methoxy groups -OCH3 is 1. The van der Waals surface area contributed by atoms with Gasteiger partial charge in [-0.2, -0.15) is 0 Å². The van der Waals surface area contributed by atoms with Crippen LogP contribution in [0.25, 0.3) is 0 Å². The molecule has 140 valence electrons. The summed E-state index contributed by atoms with van der Waals surface area (Å²) in [4.78, 5) is 19.0. The smallest absolute Gasteiger partial charge is 0.150 e. The largest absolute Gasteiger partial charge is 0.497 e. The molecule has 0 aliphatic carbocycles. The van der Waals surface area contributed by atoms with Gasteiger partial charge < -0.3 is 9.57 Å². The molecule has 0 spiro atoms. The minimum Gasteiger partial charge on any atom is -0.497 e. The molecule has 1 aliphatic heterocycles. The standard InChI is InChI=1S/C23H19NO3S/c1-26-19-9-10-20-21(24-27-15-16-5-3-2-4-6-16)12-18-8-7-17(14-25)11-22(18)28-23(20)13-19/h2-11,13-14H,12,15H2,1H3. The lowest BCUT2D eigenvalue weighted by atomic mass is 10.0. The maximum absolute atomic E-state index is 11.2. The van der Waals surface area contributed by atoms with Crippen molar-refractivity contribution in [1.29, 1.82) is 0 Å². The van der Waals surface area contributed by atoms with Gasteiger partial charge in [0.25, 0.3) is 0 Å². The Labute approximate surface area is 168 Å². The fraction of sp³-hybridized carbons (Fsp3) is 0.130. The highest BCUT2D eigenvalue weighted by atomic mass is 32.2. The van der Waals surface area contributed by atoms with E-state index in [0.717, 1.165) is 44.2 Å². The first kappa shape index (κ1) is 18.3. The third-order valence-electron chi connectivity index (χ3n) is 4.55. The van der Waals surface area contributed by atoms with Crippen molar-refractivity contribution in [1.82, 2.24) is 0 Å². The minimum atomic E-state index is 0.417. The van der Waals surface area contributed by atoms with E-state index in [1.54, 1.807) is 18.9 Å². The van der Waals surface area contributed by atoms with Gasteiger partial charge in [-0.25, -0.2) is 0 Å². The van der Waals surface area contributed by atoms with Crippen molar-refractivity contribution in [3.05, 3.63) is 89.0 Å². The van der Waals surface area contributed by atoms with Crippen LogP contribution in [-0.2, 0) is 17.9 Å². The van der Waals surface area contributed by atoms with Crippen LogP contribution >= 0.6 is 11.8 Å². The highest BCUT2D eigenvalue weighted by molar-refractivity contribution is 7.99. The number of benzene rings is 3. The summed E-state index contributed by atoms with van der Waals surface area (Å²) in [5, 5.41) is 4.47. The maximum atomic E-state index is 11.2. The van der Waals surface area contributed by atoms with Gasteiger partial charge in [0.05, 0.1) is 12.8 Å². The molecule has 4 rings (SSSR count). The molecular weight excluding hydrogens is 370 g/mol.